The van der Waals surface area contributed by atoms with Gasteiger partial charge in [-0.25, -0.2) is 0 Å². The van der Waals surface area contributed by atoms with E-state index in [9.17, 15) is 0 Å². The molecule has 0 spiro atoms. The Morgan fingerprint density at radius 2 is 1.83 bits per heavy atom. The van der Waals surface area contributed by atoms with Gasteiger partial charge in [-0.2, -0.15) is 0 Å². The minimum atomic E-state index is 0.230. The second kappa shape index (κ2) is 5.10. The Balaban J connectivity index is 2.13. The summed E-state index contributed by atoms with van der Waals surface area (Å²) in [6.45, 7) is 8.10. The van der Waals surface area contributed by atoms with Gasteiger partial charge in [0.2, 0.25) is 0 Å². The van der Waals surface area contributed by atoms with Crippen LogP contribution < -0.4 is 5.73 Å². The lowest BCUT2D eigenvalue weighted by Crippen LogP contribution is -2.62. The van der Waals surface area contributed by atoms with Gasteiger partial charge in [-0.1, -0.05) is 20.3 Å². The van der Waals surface area contributed by atoms with Crippen molar-refractivity contribution in [3.05, 3.63) is 0 Å². The number of hydrogen-bond acceptors (Lipinski definition) is 3. The van der Waals surface area contributed by atoms with Gasteiger partial charge in [0.25, 0.3) is 0 Å². The number of hydrogen-bond donors (Lipinski definition) is 1. The van der Waals surface area contributed by atoms with Crippen LogP contribution in [0.15, 0.2) is 0 Å². The van der Waals surface area contributed by atoms with Crippen molar-refractivity contribution in [1.29, 1.82) is 0 Å². The van der Waals surface area contributed by atoms with E-state index >= 15 is 0 Å². The smallest absolute Gasteiger partial charge is 0.0382 e. The number of likely N-dealkylation sites (N-methyl/N-ethyl adjacent to an activating group) is 1. The summed E-state index contributed by atoms with van der Waals surface area (Å²) in [6, 6.07) is 0.724. The average Bonchev–Trinajstić information content (AvgIpc) is 2.65. The van der Waals surface area contributed by atoms with Crippen molar-refractivity contribution in [3.8, 4) is 0 Å². The van der Waals surface area contributed by atoms with Crippen molar-refractivity contribution in [2.24, 2.45) is 11.1 Å². The maximum Gasteiger partial charge on any atom is 0.0382 e. The molecule has 1 aliphatic heterocycles. The summed E-state index contributed by atoms with van der Waals surface area (Å²) in [5.74, 6) is 0. The third-order valence-electron chi connectivity index (χ3n) is 5.90. The van der Waals surface area contributed by atoms with E-state index in [4.69, 9.17) is 5.73 Å². The summed E-state index contributed by atoms with van der Waals surface area (Å²) in [4.78, 5) is 5.10. The molecule has 3 nitrogen and oxygen atoms in total. The molecule has 1 atom stereocenters. The minimum Gasteiger partial charge on any atom is -0.329 e. The first-order chi connectivity index (χ1) is 8.43. The third kappa shape index (κ3) is 2.21. The third-order valence-corrected chi connectivity index (χ3v) is 5.90. The van der Waals surface area contributed by atoms with Gasteiger partial charge >= 0.3 is 0 Å². The SMILES string of the molecule is CN1CCC(N(C)C2(CN)CCCC2(C)C)CC1. The molecule has 0 aromatic heterocycles. The van der Waals surface area contributed by atoms with Crippen LogP contribution in [-0.4, -0.2) is 55.1 Å². The lowest BCUT2D eigenvalue weighted by Gasteiger charge is -2.52. The van der Waals surface area contributed by atoms with Crippen LogP contribution in [-0.2, 0) is 0 Å². The van der Waals surface area contributed by atoms with Crippen molar-refractivity contribution in [2.75, 3.05) is 33.7 Å². The molecule has 18 heavy (non-hydrogen) atoms. The molecule has 0 amide bonds. The molecule has 2 aliphatic rings. The summed E-state index contributed by atoms with van der Waals surface area (Å²) < 4.78 is 0. The summed E-state index contributed by atoms with van der Waals surface area (Å²) in [5.41, 5.74) is 6.82. The summed E-state index contributed by atoms with van der Waals surface area (Å²) in [7, 11) is 4.56. The van der Waals surface area contributed by atoms with Gasteiger partial charge in [0.15, 0.2) is 0 Å². The average molecular weight is 253 g/mol. The molecule has 0 radical (unpaired) electrons. The highest BCUT2D eigenvalue weighted by atomic mass is 15.2. The van der Waals surface area contributed by atoms with E-state index in [-0.39, 0.29) is 5.54 Å². The van der Waals surface area contributed by atoms with Gasteiger partial charge in [0, 0.05) is 18.1 Å². The van der Waals surface area contributed by atoms with E-state index in [1.54, 1.807) is 0 Å². The molecule has 1 heterocycles. The molecule has 0 aromatic carbocycles. The fourth-order valence-electron chi connectivity index (χ4n) is 4.30. The molecule has 1 aliphatic carbocycles. The quantitative estimate of drug-likeness (QED) is 0.834. The van der Waals surface area contributed by atoms with Gasteiger partial charge in [-0.3, -0.25) is 4.90 Å². The molecule has 3 heteroatoms. The Bertz CT molecular complexity index is 281. The molecule has 1 unspecified atom stereocenters. The zero-order valence-corrected chi connectivity index (χ0v) is 12.7. The first-order valence-corrected chi connectivity index (χ1v) is 7.54. The van der Waals surface area contributed by atoms with Crippen molar-refractivity contribution in [2.45, 2.75) is 57.5 Å². The monoisotopic (exact) mass is 253 g/mol. The van der Waals surface area contributed by atoms with Crippen molar-refractivity contribution in [3.63, 3.8) is 0 Å². The fourth-order valence-corrected chi connectivity index (χ4v) is 4.30. The van der Waals surface area contributed by atoms with Crippen LogP contribution in [0.1, 0.15) is 46.0 Å². The van der Waals surface area contributed by atoms with Crippen LogP contribution in [0.25, 0.3) is 0 Å². The van der Waals surface area contributed by atoms with Crippen LogP contribution in [0.4, 0.5) is 0 Å². The Kier molecular flexibility index (Phi) is 4.05. The molecule has 2 N–H and O–H groups in total. The lowest BCUT2D eigenvalue weighted by atomic mass is 9.73. The van der Waals surface area contributed by atoms with Crippen LogP contribution in [0.3, 0.4) is 0 Å². The van der Waals surface area contributed by atoms with Crippen LogP contribution in [0.5, 0.6) is 0 Å². The van der Waals surface area contributed by atoms with Crippen molar-refractivity contribution < 1.29 is 0 Å². The van der Waals surface area contributed by atoms with E-state index in [2.05, 4.69) is 37.7 Å². The predicted molar refractivity (Wildman–Crippen MR) is 77.7 cm³/mol. The molecule has 2 fully saturated rings. The zero-order chi connectivity index (χ0) is 13.4. The van der Waals surface area contributed by atoms with Gasteiger partial charge in [-0.05, 0) is 58.3 Å². The van der Waals surface area contributed by atoms with Crippen LogP contribution in [0, 0.1) is 5.41 Å². The summed E-state index contributed by atoms with van der Waals surface area (Å²) in [6.07, 6.45) is 6.53. The number of nitrogens with zero attached hydrogens (tertiary/aromatic N) is 2. The van der Waals surface area contributed by atoms with Gasteiger partial charge < -0.3 is 10.6 Å². The number of likely N-dealkylation sites (tertiary alicyclic amines) is 1. The van der Waals surface area contributed by atoms with E-state index in [1.807, 2.05) is 0 Å². The minimum absolute atomic E-state index is 0.230. The Labute approximate surface area is 113 Å². The van der Waals surface area contributed by atoms with Crippen molar-refractivity contribution >= 4 is 0 Å². The number of nitrogens with two attached hydrogens (primary N) is 1. The van der Waals surface area contributed by atoms with Crippen LogP contribution in [0.2, 0.25) is 0 Å². The molecular weight excluding hydrogens is 222 g/mol. The van der Waals surface area contributed by atoms with E-state index in [1.165, 1.54) is 45.2 Å². The van der Waals surface area contributed by atoms with E-state index in [0.717, 1.165) is 12.6 Å². The highest BCUT2D eigenvalue weighted by Crippen LogP contribution is 2.49. The number of piperidine rings is 1. The molecule has 106 valence electrons. The maximum atomic E-state index is 6.23. The second-order valence-electron chi connectivity index (χ2n) is 7.12. The van der Waals surface area contributed by atoms with Crippen molar-refractivity contribution in [1.82, 2.24) is 9.80 Å². The summed E-state index contributed by atoms with van der Waals surface area (Å²) >= 11 is 0. The standard InChI is InChI=1S/C15H31N3/c1-14(2)8-5-9-15(14,12-16)18(4)13-6-10-17(3)11-7-13/h13H,5-12,16H2,1-4H3. The predicted octanol–water partition coefficient (Wildman–Crippen LogP) is 1.92. The first-order valence-electron chi connectivity index (χ1n) is 7.54. The normalized spacial score (nSPS) is 34.3. The van der Waals surface area contributed by atoms with E-state index in [0.29, 0.717) is 5.41 Å². The fraction of sp³-hybridized carbons (Fsp3) is 1.00. The topological polar surface area (TPSA) is 32.5 Å². The highest BCUT2D eigenvalue weighted by Gasteiger charge is 2.51. The molecule has 1 saturated heterocycles. The Hall–Kier alpha value is -0.120. The summed E-state index contributed by atoms with van der Waals surface area (Å²) in [5, 5.41) is 0. The zero-order valence-electron chi connectivity index (χ0n) is 12.7. The Morgan fingerprint density at radius 3 is 2.28 bits per heavy atom. The molecule has 0 aromatic rings. The molecular formula is C15H31N3. The molecule has 2 rings (SSSR count). The maximum absolute atomic E-state index is 6.23. The molecule has 1 saturated carbocycles. The van der Waals surface area contributed by atoms with E-state index < -0.39 is 0 Å². The first kappa shape index (κ1) is 14.3. The molecule has 0 bridgehead atoms. The van der Waals surface area contributed by atoms with Gasteiger partial charge in [-0.15, -0.1) is 0 Å². The highest BCUT2D eigenvalue weighted by molar-refractivity contribution is 5.07. The van der Waals surface area contributed by atoms with Gasteiger partial charge in [0.1, 0.15) is 0 Å². The van der Waals surface area contributed by atoms with Gasteiger partial charge in [0.05, 0.1) is 0 Å². The van der Waals surface area contributed by atoms with Crippen LogP contribution >= 0.6 is 0 Å². The Morgan fingerprint density at radius 1 is 1.22 bits per heavy atom. The largest absolute Gasteiger partial charge is 0.329 e. The number of rotatable bonds is 3. The lowest BCUT2D eigenvalue weighted by molar-refractivity contribution is -0.0158. The second-order valence-corrected chi connectivity index (χ2v) is 7.12.